The Bertz CT molecular complexity index is 2630. The lowest BCUT2D eigenvalue weighted by Gasteiger charge is -2.45. The summed E-state index contributed by atoms with van der Waals surface area (Å²) in [6.07, 6.45) is -13.1. The van der Waals surface area contributed by atoms with Gasteiger partial charge in [-0.1, -0.05) is 71.8 Å². The fourth-order valence-corrected chi connectivity index (χ4v) is 14.9. The van der Waals surface area contributed by atoms with E-state index in [4.69, 9.17) is 61.7 Å². The molecule has 25 nitrogen and oxygen atoms in total. The van der Waals surface area contributed by atoms with Gasteiger partial charge in [-0.2, -0.15) is 0 Å². The highest BCUT2D eigenvalue weighted by Gasteiger charge is 2.53. The highest BCUT2D eigenvalue weighted by atomic mass is 32.2. The van der Waals surface area contributed by atoms with E-state index in [2.05, 4.69) is 27.0 Å². The number of oxime groups is 1. The van der Waals surface area contributed by atoms with Gasteiger partial charge in [-0.3, -0.25) is 19.3 Å². The number of amides is 1. The maximum Gasteiger partial charge on any atom is 0.408 e. The molecule has 520 valence electrons. The minimum Gasteiger partial charge on any atom is -0.461 e. The lowest BCUT2D eigenvalue weighted by Crippen LogP contribution is -2.59. The highest BCUT2D eigenvalue weighted by Crippen LogP contribution is 2.41. The number of esters is 2. The Morgan fingerprint density at radius 3 is 2.11 bits per heavy atom. The van der Waals surface area contributed by atoms with Crippen LogP contribution >= 0.6 is 0 Å². The van der Waals surface area contributed by atoms with Crippen molar-refractivity contribution in [2.24, 2.45) is 46.6 Å². The third kappa shape index (κ3) is 20.0. The second kappa shape index (κ2) is 33.6. The highest BCUT2D eigenvalue weighted by molar-refractivity contribution is 7.89. The zero-order valence-corrected chi connectivity index (χ0v) is 57.7. The average Bonchev–Trinajstić information content (AvgIpc) is 0.969. The number of Topliss-reactive ketones (excluding diaryl/α,β-unsaturated/α-hetero) is 1. The van der Waals surface area contributed by atoms with Crippen LogP contribution in [0.2, 0.25) is 0 Å². The summed E-state index contributed by atoms with van der Waals surface area (Å²) in [5.74, 6) is -8.16. The summed E-state index contributed by atoms with van der Waals surface area (Å²) in [5, 5.41) is 29.9. The number of rotatable bonds is 21. The summed E-state index contributed by atoms with van der Waals surface area (Å²) in [4.78, 5) is 68.4. The normalized spacial score (nSPS) is 37.4. The topological polar surface area (TPSA) is 303 Å². The third-order valence-corrected chi connectivity index (χ3v) is 19.9. The molecule has 0 spiro atoms. The molecular weight excluding hydrogens is 1200 g/mol. The zero-order chi connectivity index (χ0) is 67.4. The Hall–Kier alpha value is -4.00. The molecule has 22 atom stereocenters. The molecule has 5 heterocycles. The van der Waals surface area contributed by atoms with Gasteiger partial charge in [-0.25, -0.2) is 17.9 Å². The Balaban J connectivity index is 1.51. The van der Waals surface area contributed by atoms with Crippen LogP contribution in [0.3, 0.4) is 0 Å². The van der Waals surface area contributed by atoms with Crippen LogP contribution in [0.25, 0.3) is 0 Å². The maximum absolute atomic E-state index is 16.1. The van der Waals surface area contributed by atoms with Crippen molar-refractivity contribution in [3.63, 3.8) is 0 Å². The van der Waals surface area contributed by atoms with Gasteiger partial charge in [0.25, 0.3) is 0 Å². The predicted octanol–water partition coefficient (Wildman–Crippen LogP) is 6.31. The Kier molecular flexibility index (Phi) is 28.1. The number of ketones is 1. The lowest BCUT2D eigenvalue weighted by molar-refractivity contribution is -0.305. The molecule has 0 aromatic heterocycles. The summed E-state index contributed by atoms with van der Waals surface area (Å²) in [7, 11) is 0.208. The van der Waals surface area contributed by atoms with E-state index >= 15 is 9.59 Å². The van der Waals surface area contributed by atoms with Gasteiger partial charge in [0.2, 0.25) is 10.0 Å². The van der Waals surface area contributed by atoms with Gasteiger partial charge in [-0.15, -0.1) is 0 Å². The first-order valence-corrected chi connectivity index (χ1v) is 34.0. The molecule has 0 bridgehead atoms. The number of cyclic esters (lactones) is 1. The molecule has 4 N–H and O–H groups in total. The number of alkyl carbamates (subject to hydrolysis) is 1. The molecule has 2 unspecified atom stereocenters. The molecule has 6 rings (SSSR count). The smallest absolute Gasteiger partial charge is 0.408 e. The molecule has 1 amide bonds. The first kappa shape index (κ1) is 76.0. The standard InChI is InChI=1S/C65H108N4O21S/c1-35(2)28-49(70)86-55-42(9)54(37(4)33-82-62-58(79-17)57(78-16)51(71)45(12)85-62)88-60(74)44(11)56(87-50-29-38(5)69(32-40(7)83-50)46-24-26-81-27-25-46)41(8)53(89-61-52(72)48(68-80-18)30-39(6)84-61)36(3)31-65(15,59(73)43(55)10)90-63(75)67-64(13,14)34-66-91(76,77)47-22-20-19-21-23-47/h19-23,35-46,50-58,61-62,66,71-72H,24-34H2,1-18H3,(H,67,75)/t36-,37?,38?,39+,40-,41+,42-,43+,44+,45+,50-,51+,52+,53-,54+,55+,56-,57+,58+,61-,62+,65-/m0/s1. The Morgan fingerprint density at radius 2 is 1.48 bits per heavy atom. The number of hydrogen-bond donors (Lipinski definition) is 4. The summed E-state index contributed by atoms with van der Waals surface area (Å²) < 4.78 is 106. The van der Waals surface area contributed by atoms with E-state index in [-0.39, 0.29) is 67.1 Å². The number of nitrogens with zero attached hydrogens (tertiary/aromatic N) is 2. The van der Waals surface area contributed by atoms with Crippen LogP contribution in [0.4, 0.5) is 4.79 Å². The fraction of sp³-hybridized carbons (Fsp3) is 0.831. The molecule has 5 aliphatic rings. The number of hydrogen-bond acceptors (Lipinski definition) is 23. The summed E-state index contributed by atoms with van der Waals surface area (Å²) >= 11 is 0. The number of aliphatic hydroxyl groups excluding tert-OH is 2. The number of nitrogens with one attached hydrogen (secondary N) is 2. The van der Waals surface area contributed by atoms with Gasteiger partial charge in [0.1, 0.15) is 43.7 Å². The molecule has 1 aromatic carbocycles. The molecule has 26 heteroatoms. The Labute approximate surface area is 539 Å². The maximum atomic E-state index is 16.1. The molecule has 0 radical (unpaired) electrons. The lowest BCUT2D eigenvalue weighted by atomic mass is 9.74. The van der Waals surface area contributed by atoms with E-state index in [9.17, 15) is 28.2 Å². The summed E-state index contributed by atoms with van der Waals surface area (Å²) in [5.41, 5.74) is -3.20. The van der Waals surface area contributed by atoms with Crippen molar-refractivity contribution in [3.8, 4) is 0 Å². The predicted molar refractivity (Wildman–Crippen MR) is 334 cm³/mol. The van der Waals surface area contributed by atoms with Crippen molar-refractivity contribution in [1.29, 1.82) is 0 Å². The number of benzene rings is 1. The van der Waals surface area contributed by atoms with Crippen molar-refractivity contribution in [2.75, 3.05) is 54.2 Å². The van der Waals surface area contributed by atoms with Crippen molar-refractivity contribution in [2.45, 2.75) is 257 Å². The van der Waals surface area contributed by atoms with E-state index in [0.29, 0.717) is 26.2 Å². The molecule has 91 heavy (non-hydrogen) atoms. The van der Waals surface area contributed by atoms with Gasteiger partial charge < -0.3 is 77.2 Å². The van der Waals surface area contributed by atoms with Gasteiger partial charge in [-0.05, 0) is 98.6 Å². The van der Waals surface area contributed by atoms with Crippen molar-refractivity contribution in [1.82, 2.24) is 14.9 Å². The molecule has 0 aliphatic carbocycles. The SMILES string of the molecule is CON=C1C[C@@H](C)O[C@@H](O[C@@H]2[C@@H](C)[C@H](O[C@H]3CC(C)N(C4CCOCC4)C[C@H](C)O3)[C@@H](C)C(=O)O[C@H](C(C)CO[C@@H]3O[C@H](C)[C@@H](O)[C@@H](OC)[C@H]3OC)[C@H](C)[C@@H](OC(=O)CC(C)C)[C@@H](C)C(=O)[C@@](C)(OC(=O)NC(C)(C)CNS(=O)(=O)c3ccccc3)C[C@@H]2C)[C@@H]1O. The first-order chi connectivity index (χ1) is 42.7. The number of carbonyl (C=O) groups is 4. The van der Waals surface area contributed by atoms with Crippen molar-refractivity contribution < 1.29 is 99.5 Å². The van der Waals surface area contributed by atoms with Crippen LogP contribution in [0, 0.1) is 41.4 Å². The minimum atomic E-state index is -4.04. The van der Waals surface area contributed by atoms with Crippen LogP contribution in [-0.4, -0.2) is 217 Å². The molecule has 5 saturated heterocycles. The van der Waals surface area contributed by atoms with Crippen LogP contribution < -0.4 is 10.0 Å². The molecule has 0 saturated carbocycles. The van der Waals surface area contributed by atoms with E-state index in [1.165, 1.54) is 40.4 Å². The van der Waals surface area contributed by atoms with E-state index in [1.807, 2.05) is 27.7 Å². The molecule has 5 fully saturated rings. The van der Waals surface area contributed by atoms with E-state index in [1.54, 1.807) is 80.5 Å². The van der Waals surface area contributed by atoms with Gasteiger partial charge >= 0.3 is 18.0 Å². The first-order valence-electron chi connectivity index (χ1n) is 32.5. The number of ether oxygens (including phenoxy) is 12. The third-order valence-electron chi connectivity index (χ3n) is 18.5. The van der Waals surface area contributed by atoms with Crippen LogP contribution in [0.5, 0.6) is 0 Å². The number of methoxy groups -OCH3 is 2. The number of carbonyl (C=O) groups excluding carboxylic acids is 4. The fourth-order valence-electron chi connectivity index (χ4n) is 13.6. The minimum absolute atomic E-state index is 0.0125. The van der Waals surface area contributed by atoms with Gasteiger partial charge in [0, 0.05) is 89.6 Å². The summed E-state index contributed by atoms with van der Waals surface area (Å²) in [6.45, 7) is 27.7. The summed E-state index contributed by atoms with van der Waals surface area (Å²) in [6, 6.07) is 7.94. The number of sulfonamides is 1. The van der Waals surface area contributed by atoms with Crippen LogP contribution in [0.1, 0.15) is 142 Å². The monoisotopic (exact) mass is 1310 g/mol. The van der Waals surface area contributed by atoms with Crippen LogP contribution in [0.15, 0.2) is 40.4 Å². The van der Waals surface area contributed by atoms with E-state index in [0.717, 1.165) is 12.8 Å². The largest absolute Gasteiger partial charge is 0.461 e. The van der Waals surface area contributed by atoms with Crippen molar-refractivity contribution >= 4 is 39.6 Å². The van der Waals surface area contributed by atoms with Gasteiger partial charge in [0.05, 0.1) is 65.1 Å². The average molecular weight is 1310 g/mol. The second-order valence-corrected chi connectivity index (χ2v) is 29.2. The van der Waals surface area contributed by atoms with Crippen molar-refractivity contribution in [3.05, 3.63) is 30.3 Å². The van der Waals surface area contributed by atoms with E-state index < -0.39 is 160 Å². The Morgan fingerprint density at radius 1 is 0.824 bits per heavy atom. The molecule has 1 aromatic rings. The second-order valence-electron chi connectivity index (χ2n) is 27.4. The molecular formula is C65H108N4O21S. The zero-order valence-electron chi connectivity index (χ0n) is 56.9. The quantitative estimate of drug-likeness (QED) is 0.0595. The van der Waals surface area contributed by atoms with Crippen LogP contribution in [-0.2, 0) is 86.1 Å². The van der Waals surface area contributed by atoms with Gasteiger partial charge in [0.15, 0.2) is 30.3 Å². The number of aliphatic hydroxyl groups is 2. The molecule has 5 aliphatic heterocycles.